The molecule has 0 radical (unpaired) electrons. The lowest BCUT2D eigenvalue weighted by Crippen LogP contribution is -2.39. The molecular formula is C31H35F3N2O2. The molecule has 0 spiro atoms. The van der Waals surface area contributed by atoms with E-state index in [-0.39, 0.29) is 16.8 Å². The number of allylic oxidation sites excluding steroid dienone is 2. The minimum Gasteiger partial charge on any atom is -0.348 e. The van der Waals surface area contributed by atoms with Crippen LogP contribution in [-0.4, -0.2) is 30.8 Å². The van der Waals surface area contributed by atoms with Gasteiger partial charge < -0.3 is 9.80 Å². The maximum absolute atomic E-state index is 13.1. The fraction of sp³-hybridized carbons (Fsp3) is 0.419. The number of hydrogen-bond donors (Lipinski definition) is 0. The van der Waals surface area contributed by atoms with Gasteiger partial charge in [0.05, 0.1) is 0 Å². The van der Waals surface area contributed by atoms with Gasteiger partial charge in [0.2, 0.25) is 0 Å². The summed E-state index contributed by atoms with van der Waals surface area (Å²) in [5, 5.41) is 0. The van der Waals surface area contributed by atoms with Crippen molar-refractivity contribution in [2.45, 2.75) is 60.1 Å². The van der Waals surface area contributed by atoms with Gasteiger partial charge in [-0.1, -0.05) is 52.0 Å². The lowest BCUT2D eigenvalue weighted by Gasteiger charge is -2.37. The summed E-state index contributed by atoms with van der Waals surface area (Å²) in [6.07, 6.45) is 0.517. The summed E-state index contributed by atoms with van der Waals surface area (Å²) in [7, 11) is 0. The molecule has 2 heterocycles. The minimum atomic E-state index is -4.89. The Labute approximate surface area is 222 Å². The molecule has 7 heteroatoms. The molecule has 0 amide bonds. The topological polar surface area (TPSA) is 40.6 Å². The average molecular weight is 525 g/mol. The van der Waals surface area contributed by atoms with Gasteiger partial charge in [-0.15, -0.1) is 0 Å². The van der Waals surface area contributed by atoms with Crippen LogP contribution < -0.4 is 9.80 Å². The van der Waals surface area contributed by atoms with E-state index in [1.807, 2.05) is 30.5 Å². The van der Waals surface area contributed by atoms with Crippen LogP contribution in [0, 0.1) is 10.8 Å². The highest BCUT2D eigenvalue weighted by molar-refractivity contribution is 6.01. The van der Waals surface area contributed by atoms with Crippen LogP contribution >= 0.6 is 0 Å². The third kappa shape index (κ3) is 5.87. The van der Waals surface area contributed by atoms with Crippen LogP contribution in [0.4, 0.5) is 24.5 Å². The molecule has 2 aromatic carbocycles. The van der Waals surface area contributed by atoms with Crippen LogP contribution in [0.5, 0.6) is 0 Å². The lowest BCUT2D eigenvalue weighted by atomic mass is 9.77. The fourth-order valence-corrected chi connectivity index (χ4v) is 5.20. The van der Waals surface area contributed by atoms with Crippen LogP contribution in [0.3, 0.4) is 0 Å². The molecule has 0 aromatic heterocycles. The van der Waals surface area contributed by atoms with Gasteiger partial charge in [-0.25, -0.2) is 0 Å². The SMILES string of the molecule is CC(=O)C1=CN(c2ccc(Cc3ccc(N4C=C(C(=O)C(F)(F)F)C(C)(C)CC4)cc3)cc2)CCC1(C)C. The normalized spacial score (nSPS) is 19.1. The van der Waals surface area contributed by atoms with Gasteiger partial charge in [0, 0.05) is 48.0 Å². The van der Waals surface area contributed by atoms with Gasteiger partial charge >= 0.3 is 6.18 Å². The molecule has 202 valence electrons. The lowest BCUT2D eigenvalue weighted by molar-refractivity contribution is -0.167. The first kappa shape index (κ1) is 27.7. The van der Waals surface area contributed by atoms with Gasteiger partial charge in [0.25, 0.3) is 5.78 Å². The maximum atomic E-state index is 13.1. The molecule has 0 fully saturated rings. The number of carbonyl (C=O) groups is 2. The quantitative estimate of drug-likeness (QED) is 0.400. The summed E-state index contributed by atoms with van der Waals surface area (Å²) in [5.74, 6) is -1.67. The van der Waals surface area contributed by atoms with E-state index < -0.39 is 17.4 Å². The molecule has 2 aliphatic heterocycles. The van der Waals surface area contributed by atoms with E-state index in [0.29, 0.717) is 19.4 Å². The van der Waals surface area contributed by atoms with Crippen molar-refractivity contribution in [1.29, 1.82) is 0 Å². The van der Waals surface area contributed by atoms with E-state index in [1.54, 1.807) is 25.7 Å². The molecule has 0 saturated heterocycles. The molecule has 4 nitrogen and oxygen atoms in total. The summed E-state index contributed by atoms with van der Waals surface area (Å²) in [5.41, 5.74) is 3.70. The van der Waals surface area contributed by atoms with Crippen LogP contribution in [0.1, 0.15) is 58.6 Å². The summed E-state index contributed by atoms with van der Waals surface area (Å²) in [6.45, 7) is 10.6. The van der Waals surface area contributed by atoms with Crippen molar-refractivity contribution in [1.82, 2.24) is 0 Å². The maximum Gasteiger partial charge on any atom is 0.454 e. The molecule has 4 rings (SSSR count). The number of Topliss-reactive ketones (excluding diaryl/α,β-unsaturated/α-hetero) is 2. The van der Waals surface area contributed by atoms with E-state index in [0.717, 1.165) is 41.0 Å². The van der Waals surface area contributed by atoms with E-state index in [9.17, 15) is 22.8 Å². The van der Waals surface area contributed by atoms with E-state index >= 15 is 0 Å². The second kappa shape index (κ2) is 10.1. The number of alkyl halides is 3. The highest BCUT2D eigenvalue weighted by Crippen LogP contribution is 2.40. The van der Waals surface area contributed by atoms with Crippen molar-refractivity contribution in [3.63, 3.8) is 0 Å². The Morgan fingerprint density at radius 1 is 0.737 bits per heavy atom. The molecular weight excluding hydrogens is 489 g/mol. The number of ketones is 2. The highest BCUT2D eigenvalue weighted by atomic mass is 19.4. The predicted molar refractivity (Wildman–Crippen MR) is 145 cm³/mol. The monoisotopic (exact) mass is 524 g/mol. The Hall–Kier alpha value is -3.35. The second-order valence-corrected chi connectivity index (χ2v) is 11.6. The van der Waals surface area contributed by atoms with Gasteiger partial charge in [0.15, 0.2) is 5.78 Å². The third-order valence-electron chi connectivity index (χ3n) is 7.81. The van der Waals surface area contributed by atoms with Crippen LogP contribution in [0.15, 0.2) is 72.1 Å². The molecule has 2 aliphatic rings. The highest BCUT2D eigenvalue weighted by Gasteiger charge is 2.46. The van der Waals surface area contributed by atoms with Crippen LogP contribution in [0.2, 0.25) is 0 Å². The van der Waals surface area contributed by atoms with Crippen molar-refractivity contribution in [3.05, 3.63) is 83.2 Å². The second-order valence-electron chi connectivity index (χ2n) is 11.6. The summed E-state index contributed by atoms with van der Waals surface area (Å²) >= 11 is 0. The largest absolute Gasteiger partial charge is 0.454 e. The van der Waals surface area contributed by atoms with Crippen LogP contribution in [0.25, 0.3) is 0 Å². The van der Waals surface area contributed by atoms with Crippen molar-refractivity contribution >= 4 is 22.9 Å². The Balaban J connectivity index is 1.46. The number of nitrogens with zero attached hydrogens (tertiary/aromatic N) is 2. The standard InChI is InChI=1S/C31H35F3N2O2/c1-21(37)26-19-35(16-14-29(26,2)3)24-10-6-22(7-11-24)18-23-8-12-25(13-9-23)36-17-15-30(4,5)27(20-36)28(38)31(32,33)34/h6-13,19-20H,14-18H2,1-5H3. The van der Waals surface area contributed by atoms with E-state index in [2.05, 4.69) is 43.0 Å². The van der Waals surface area contributed by atoms with Gasteiger partial charge in [-0.2, -0.15) is 13.2 Å². The molecule has 0 atom stereocenters. The number of halogens is 3. The van der Waals surface area contributed by atoms with E-state index in [4.69, 9.17) is 0 Å². The zero-order valence-electron chi connectivity index (χ0n) is 22.7. The first-order valence-electron chi connectivity index (χ1n) is 13.0. The molecule has 0 saturated carbocycles. The molecule has 38 heavy (non-hydrogen) atoms. The number of carbonyl (C=O) groups excluding carboxylic acids is 2. The molecule has 0 unspecified atom stereocenters. The van der Waals surface area contributed by atoms with Gasteiger partial charge in [0.1, 0.15) is 0 Å². The fourth-order valence-electron chi connectivity index (χ4n) is 5.20. The van der Waals surface area contributed by atoms with Crippen molar-refractivity contribution in [2.75, 3.05) is 22.9 Å². The number of rotatable bonds is 6. The van der Waals surface area contributed by atoms with Gasteiger partial charge in [-0.3, -0.25) is 9.59 Å². The zero-order chi connectivity index (χ0) is 27.9. The number of anilines is 2. The van der Waals surface area contributed by atoms with Gasteiger partial charge in [-0.05, 0) is 72.4 Å². The summed E-state index contributed by atoms with van der Waals surface area (Å²) < 4.78 is 39.4. The van der Waals surface area contributed by atoms with Crippen molar-refractivity contribution in [2.24, 2.45) is 10.8 Å². The molecule has 0 N–H and O–H groups in total. The molecule has 0 bridgehead atoms. The number of benzene rings is 2. The first-order chi connectivity index (χ1) is 17.7. The van der Waals surface area contributed by atoms with Crippen molar-refractivity contribution in [3.8, 4) is 0 Å². The first-order valence-corrected chi connectivity index (χ1v) is 13.0. The Bertz CT molecular complexity index is 1270. The Kier molecular flexibility index (Phi) is 7.34. The molecule has 2 aromatic rings. The van der Waals surface area contributed by atoms with Crippen LogP contribution in [-0.2, 0) is 16.0 Å². The Morgan fingerprint density at radius 3 is 1.53 bits per heavy atom. The zero-order valence-corrected chi connectivity index (χ0v) is 22.7. The minimum absolute atomic E-state index is 0.103. The van der Waals surface area contributed by atoms with E-state index in [1.165, 1.54) is 6.20 Å². The van der Waals surface area contributed by atoms with Crippen molar-refractivity contribution < 1.29 is 22.8 Å². The Morgan fingerprint density at radius 2 is 1.13 bits per heavy atom. The molecule has 0 aliphatic carbocycles. The number of hydrogen-bond acceptors (Lipinski definition) is 4. The predicted octanol–water partition coefficient (Wildman–Crippen LogP) is 7.24. The smallest absolute Gasteiger partial charge is 0.348 e. The average Bonchev–Trinajstić information content (AvgIpc) is 2.84. The summed E-state index contributed by atoms with van der Waals surface area (Å²) in [4.78, 5) is 28.0. The third-order valence-corrected chi connectivity index (χ3v) is 7.81. The summed E-state index contributed by atoms with van der Waals surface area (Å²) in [6, 6.07) is 16.0.